The third-order valence-corrected chi connectivity index (χ3v) is 6.52. The number of halogens is 1. The fraction of sp³-hybridized carbons (Fsp3) is 0.238. The lowest BCUT2D eigenvalue weighted by molar-refractivity contribution is -0.139. The van der Waals surface area contributed by atoms with E-state index in [1.165, 1.54) is 31.4 Å². The molecule has 0 fully saturated rings. The van der Waals surface area contributed by atoms with Crippen LogP contribution in [0.15, 0.2) is 64.7 Å². The van der Waals surface area contributed by atoms with Crippen LogP contribution in [0.4, 0.5) is 4.79 Å². The van der Waals surface area contributed by atoms with Crippen LogP contribution in [-0.2, 0) is 19.4 Å². The molecule has 0 saturated heterocycles. The Bertz CT molecular complexity index is 1130. The summed E-state index contributed by atoms with van der Waals surface area (Å²) < 4.78 is 36.5. The lowest BCUT2D eigenvalue weighted by Gasteiger charge is -2.30. The van der Waals surface area contributed by atoms with Crippen LogP contribution in [0.2, 0.25) is 5.02 Å². The third kappa shape index (κ3) is 5.00. The second-order valence-electron chi connectivity index (χ2n) is 6.60. The van der Waals surface area contributed by atoms with Crippen LogP contribution in [0.1, 0.15) is 18.5 Å². The predicted molar refractivity (Wildman–Crippen MR) is 115 cm³/mol. The van der Waals surface area contributed by atoms with E-state index in [1.807, 2.05) is 0 Å². The van der Waals surface area contributed by atoms with Gasteiger partial charge in [0, 0.05) is 16.3 Å². The number of sulfone groups is 1. The highest BCUT2D eigenvalue weighted by Crippen LogP contribution is 2.34. The van der Waals surface area contributed by atoms with Gasteiger partial charge in [-0.05, 0) is 37.3 Å². The van der Waals surface area contributed by atoms with Crippen LogP contribution < -0.4 is 15.4 Å². The molecule has 0 radical (unpaired) electrons. The van der Waals surface area contributed by atoms with Gasteiger partial charge in [-0.3, -0.25) is 0 Å². The van der Waals surface area contributed by atoms with Crippen molar-refractivity contribution < 1.29 is 27.5 Å². The van der Waals surface area contributed by atoms with Crippen molar-refractivity contribution in [1.29, 1.82) is 0 Å². The minimum absolute atomic E-state index is 0.00855. The topological polar surface area (TPSA) is 111 Å². The molecule has 0 unspecified atom stereocenters. The van der Waals surface area contributed by atoms with Gasteiger partial charge in [0.2, 0.25) is 0 Å². The van der Waals surface area contributed by atoms with Crippen molar-refractivity contribution in [3.63, 3.8) is 0 Å². The van der Waals surface area contributed by atoms with E-state index in [9.17, 15) is 18.0 Å². The Morgan fingerprint density at radius 3 is 2.45 bits per heavy atom. The average molecular weight is 465 g/mol. The second-order valence-corrected chi connectivity index (χ2v) is 9.03. The minimum atomic E-state index is -3.90. The normalized spacial score (nSPS) is 16.4. The van der Waals surface area contributed by atoms with Crippen molar-refractivity contribution in [3.05, 3.63) is 70.4 Å². The summed E-state index contributed by atoms with van der Waals surface area (Å²) in [5, 5.41) is 5.51. The fourth-order valence-electron chi connectivity index (χ4n) is 3.24. The van der Waals surface area contributed by atoms with Gasteiger partial charge in [-0.25, -0.2) is 18.0 Å². The third-order valence-electron chi connectivity index (χ3n) is 4.61. The smallest absolute Gasteiger partial charge is 0.338 e. The number of hydrogen-bond donors (Lipinski definition) is 2. The number of amides is 2. The number of carbonyl (C=O) groups is 2. The van der Waals surface area contributed by atoms with Gasteiger partial charge in [0.1, 0.15) is 5.75 Å². The fourth-order valence-corrected chi connectivity index (χ4v) is 4.69. The standard InChI is InChI=1S/C21H21ClN2O6S/c1-3-30-20(25)18-16(12-31(27,28)14-10-8-13(22)9-11-14)23-21(26)24-19(18)15-6-4-5-7-17(15)29-2/h4-11,19H,3,12H2,1-2H3,(H2,23,24,26)/t19-/m0/s1. The van der Waals surface area contributed by atoms with E-state index >= 15 is 0 Å². The van der Waals surface area contributed by atoms with Crippen molar-refractivity contribution in [3.8, 4) is 5.75 Å². The van der Waals surface area contributed by atoms with Gasteiger partial charge in [-0.15, -0.1) is 0 Å². The zero-order valence-corrected chi connectivity index (χ0v) is 18.4. The molecule has 1 aliphatic heterocycles. The van der Waals surface area contributed by atoms with Crippen molar-refractivity contribution >= 4 is 33.4 Å². The van der Waals surface area contributed by atoms with E-state index in [0.717, 1.165) is 0 Å². The summed E-state index contributed by atoms with van der Waals surface area (Å²) in [6.07, 6.45) is 0. The molecule has 31 heavy (non-hydrogen) atoms. The number of ether oxygens (including phenoxy) is 2. The molecule has 2 aromatic carbocycles. The molecule has 0 bridgehead atoms. The first-order valence-corrected chi connectivity index (χ1v) is 11.4. The Morgan fingerprint density at radius 1 is 1.13 bits per heavy atom. The number of esters is 1. The molecule has 2 N–H and O–H groups in total. The van der Waals surface area contributed by atoms with Crippen LogP contribution in [-0.4, -0.2) is 39.9 Å². The first-order valence-electron chi connectivity index (χ1n) is 9.35. The number of methoxy groups -OCH3 is 1. The van der Waals surface area contributed by atoms with E-state index in [0.29, 0.717) is 16.3 Å². The van der Waals surface area contributed by atoms with Crippen molar-refractivity contribution in [2.75, 3.05) is 19.5 Å². The Hall–Kier alpha value is -3.04. The lowest BCUT2D eigenvalue weighted by Crippen LogP contribution is -2.47. The second kappa shape index (κ2) is 9.40. The number of para-hydroxylation sites is 1. The number of carbonyl (C=O) groups excluding carboxylic acids is 2. The lowest BCUT2D eigenvalue weighted by atomic mass is 9.95. The van der Waals surface area contributed by atoms with E-state index in [-0.39, 0.29) is 22.8 Å². The van der Waals surface area contributed by atoms with E-state index in [2.05, 4.69) is 10.6 Å². The number of benzene rings is 2. The maximum absolute atomic E-state index is 13.0. The van der Waals surface area contributed by atoms with Gasteiger partial charge in [0.15, 0.2) is 9.84 Å². The Kier molecular flexibility index (Phi) is 6.87. The molecule has 0 spiro atoms. The Balaban J connectivity index is 2.13. The molecule has 1 aliphatic rings. The Morgan fingerprint density at radius 2 is 1.81 bits per heavy atom. The number of urea groups is 1. The summed E-state index contributed by atoms with van der Waals surface area (Å²) in [6, 6.07) is 10.8. The van der Waals surface area contributed by atoms with E-state index in [4.69, 9.17) is 21.1 Å². The summed E-state index contributed by atoms with van der Waals surface area (Å²) in [5.74, 6) is -0.925. The summed E-state index contributed by atoms with van der Waals surface area (Å²) >= 11 is 5.85. The molecule has 0 aromatic heterocycles. The highest BCUT2D eigenvalue weighted by molar-refractivity contribution is 7.91. The van der Waals surface area contributed by atoms with E-state index in [1.54, 1.807) is 31.2 Å². The molecule has 0 aliphatic carbocycles. The van der Waals surface area contributed by atoms with Gasteiger partial charge < -0.3 is 20.1 Å². The van der Waals surface area contributed by atoms with E-state index < -0.39 is 33.6 Å². The summed E-state index contributed by atoms with van der Waals surface area (Å²) in [4.78, 5) is 25.2. The monoisotopic (exact) mass is 464 g/mol. The number of nitrogens with one attached hydrogen (secondary N) is 2. The maximum Gasteiger partial charge on any atom is 0.338 e. The number of hydrogen-bond acceptors (Lipinski definition) is 6. The molecule has 1 heterocycles. The molecule has 2 aromatic rings. The summed E-state index contributed by atoms with van der Waals surface area (Å²) in [7, 11) is -2.44. The van der Waals surface area contributed by atoms with Gasteiger partial charge in [-0.1, -0.05) is 29.8 Å². The molecule has 2 amide bonds. The van der Waals surface area contributed by atoms with Gasteiger partial charge in [0.05, 0.1) is 36.0 Å². The molecule has 3 rings (SSSR count). The van der Waals surface area contributed by atoms with Gasteiger partial charge >= 0.3 is 12.0 Å². The van der Waals surface area contributed by atoms with Crippen LogP contribution >= 0.6 is 11.6 Å². The minimum Gasteiger partial charge on any atom is -0.496 e. The zero-order chi connectivity index (χ0) is 22.6. The molecular weight excluding hydrogens is 444 g/mol. The van der Waals surface area contributed by atoms with Gasteiger partial charge in [-0.2, -0.15) is 0 Å². The SMILES string of the molecule is CCOC(=O)C1=C(CS(=O)(=O)c2ccc(Cl)cc2)NC(=O)N[C@H]1c1ccccc1OC. The molecule has 0 saturated carbocycles. The van der Waals surface area contributed by atoms with Crippen LogP contribution in [0.5, 0.6) is 5.75 Å². The summed E-state index contributed by atoms with van der Waals surface area (Å²) in [6.45, 7) is 1.71. The zero-order valence-electron chi connectivity index (χ0n) is 16.8. The summed E-state index contributed by atoms with van der Waals surface area (Å²) in [5.41, 5.74) is 0.417. The maximum atomic E-state index is 13.0. The van der Waals surface area contributed by atoms with Crippen LogP contribution in [0.25, 0.3) is 0 Å². The van der Waals surface area contributed by atoms with Crippen molar-refractivity contribution in [1.82, 2.24) is 10.6 Å². The molecule has 8 nitrogen and oxygen atoms in total. The highest BCUT2D eigenvalue weighted by Gasteiger charge is 2.36. The first kappa shape index (κ1) is 22.6. The quantitative estimate of drug-likeness (QED) is 0.609. The van der Waals surface area contributed by atoms with Gasteiger partial charge in [0.25, 0.3) is 0 Å². The highest BCUT2D eigenvalue weighted by atomic mass is 35.5. The molecule has 10 heteroatoms. The Labute approximate surface area is 185 Å². The van der Waals surface area contributed by atoms with Crippen LogP contribution in [0, 0.1) is 0 Å². The van der Waals surface area contributed by atoms with Crippen molar-refractivity contribution in [2.24, 2.45) is 0 Å². The molecular formula is C21H21ClN2O6S. The van der Waals surface area contributed by atoms with Crippen LogP contribution in [0.3, 0.4) is 0 Å². The predicted octanol–water partition coefficient (Wildman–Crippen LogP) is 2.99. The van der Waals surface area contributed by atoms with Crippen molar-refractivity contribution in [2.45, 2.75) is 17.9 Å². The largest absolute Gasteiger partial charge is 0.496 e. The molecule has 1 atom stereocenters. The molecule has 164 valence electrons. The average Bonchev–Trinajstić information content (AvgIpc) is 2.73. The first-order chi connectivity index (χ1) is 14.8. The number of rotatable bonds is 7.